The van der Waals surface area contributed by atoms with Crippen LogP contribution in [0.15, 0.2) is 0 Å². The van der Waals surface area contributed by atoms with E-state index in [0.717, 1.165) is 39.0 Å². The molecule has 21 heavy (non-hydrogen) atoms. The van der Waals surface area contributed by atoms with E-state index in [1.807, 2.05) is 0 Å². The van der Waals surface area contributed by atoms with Crippen molar-refractivity contribution in [3.63, 3.8) is 0 Å². The van der Waals surface area contributed by atoms with E-state index in [1.165, 1.54) is 0 Å². The van der Waals surface area contributed by atoms with Crippen LogP contribution in [0, 0.1) is 11.8 Å². The van der Waals surface area contributed by atoms with E-state index in [1.54, 1.807) is 7.11 Å². The van der Waals surface area contributed by atoms with Crippen molar-refractivity contribution in [1.29, 1.82) is 0 Å². The van der Waals surface area contributed by atoms with Crippen LogP contribution in [0.25, 0.3) is 0 Å². The topological polar surface area (TPSA) is 59.6 Å². The molecule has 0 aliphatic carbocycles. The molecule has 2 fully saturated rings. The molecule has 2 aliphatic heterocycles. The first-order valence-corrected chi connectivity index (χ1v) is 7.75. The van der Waals surface area contributed by atoms with Crippen molar-refractivity contribution in [2.75, 3.05) is 33.4 Å². The van der Waals surface area contributed by atoms with Gasteiger partial charge in [-0.25, -0.2) is 0 Å². The maximum atomic E-state index is 12.5. The van der Waals surface area contributed by atoms with Crippen LogP contribution >= 0.6 is 12.4 Å². The second kappa shape index (κ2) is 8.32. The Labute approximate surface area is 133 Å². The van der Waals surface area contributed by atoms with Gasteiger partial charge in [0.2, 0.25) is 0 Å². The second-order valence-electron chi connectivity index (χ2n) is 6.29. The molecule has 2 aliphatic rings. The van der Waals surface area contributed by atoms with E-state index < -0.39 is 5.60 Å². The monoisotopic (exact) mass is 320 g/mol. The number of amides is 1. The number of carbonyl (C=O) groups excluding carboxylic acids is 1. The van der Waals surface area contributed by atoms with Crippen LogP contribution in [0.5, 0.6) is 0 Å². The van der Waals surface area contributed by atoms with Gasteiger partial charge in [0.25, 0.3) is 5.91 Å². The Bertz CT molecular complexity index is 333. The van der Waals surface area contributed by atoms with E-state index in [-0.39, 0.29) is 24.4 Å². The quantitative estimate of drug-likeness (QED) is 0.803. The van der Waals surface area contributed by atoms with Crippen molar-refractivity contribution in [2.45, 2.75) is 44.8 Å². The largest absolute Gasteiger partial charge is 0.378 e. The lowest BCUT2D eigenvalue weighted by Gasteiger charge is -2.35. The first-order valence-electron chi connectivity index (χ1n) is 7.75. The van der Waals surface area contributed by atoms with Crippen LogP contribution in [0.3, 0.4) is 0 Å². The van der Waals surface area contributed by atoms with Crippen LogP contribution in [0.4, 0.5) is 0 Å². The normalized spacial score (nSPS) is 28.2. The van der Waals surface area contributed by atoms with Crippen molar-refractivity contribution in [1.82, 2.24) is 10.6 Å². The number of hydrogen-bond donors (Lipinski definition) is 2. The molecule has 5 nitrogen and oxygen atoms in total. The predicted molar refractivity (Wildman–Crippen MR) is 84.8 cm³/mol. The van der Waals surface area contributed by atoms with Crippen molar-refractivity contribution in [2.24, 2.45) is 11.8 Å². The van der Waals surface area contributed by atoms with Gasteiger partial charge in [0.1, 0.15) is 5.60 Å². The smallest absolute Gasteiger partial charge is 0.252 e. The van der Waals surface area contributed by atoms with Crippen LogP contribution in [0.1, 0.15) is 33.1 Å². The third-order valence-electron chi connectivity index (χ3n) is 4.66. The summed E-state index contributed by atoms with van der Waals surface area (Å²) < 4.78 is 11.3. The molecule has 2 saturated heterocycles. The highest BCUT2D eigenvalue weighted by molar-refractivity contribution is 5.85. The van der Waals surface area contributed by atoms with Crippen LogP contribution < -0.4 is 10.6 Å². The molecular formula is C15H29ClN2O3. The van der Waals surface area contributed by atoms with Crippen LogP contribution in [0.2, 0.25) is 0 Å². The minimum atomic E-state index is -0.641. The van der Waals surface area contributed by atoms with Gasteiger partial charge in [0, 0.05) is 26.2 Å². The lowest BCUT2D eigenvalue weighted by atomic mass is 9.89. The molecule has 2 N–H and O–H groups in total. The van der Waals surface area contributed by atoms with Gasteiger partial charge < -0.3 is 20.1 Å². The lowest BCUT2D eigenvalue weighted by Crippen LogP contribution is -2.55. The van der Waals surface area contributed by atoms with Gasteiger partial charge in [0.15, 0.2) is 0 Å². The van der Waals surface area contributed by atoms with Crippen LogP contribution in [-0.4, -0.2) is 51.0 Å². The van der Waals surface area contributed by atoms with Crippen molar-refractivity contribution in [3.05, 3.63) is 0 Å². The molecule has 0 radical (unpaired) electrons. The highest BCUT2D eigenvalue weighted by atomic mass is 35.5. The second-order valence-corrected chi connectivity index (χ2v) is 6.29. The fourth-order valence-corrected chi connectivity index (χ4v) is 3.35. The third-order valence-corrected chi connectivity index (χ3v) is 4.66. The average molecular weight is 321 g/mol. The molecule has 2 unspecified atom stereocenters. The first kappa shape index (κ1) is 18.7. The summed E-state index contributed by atoms with van der Waals surface area (Å²) in [6, 6.07) is 0. The number of nitrogens with one attached hydrogen (secondary N) is 2. The Morgan fingerprint density at radius 3 is 2.67 bits per heavy atom. The Hall–Kier alpha value is -0.360. The maximum absolute atomic E-state index is 12.5. The van der Waals surface area contributed by atoms with E-state index >= 15 is 0 Å². The highest BCUT2D eigenvalue weighted by Gasteiger charge is 2.40. The minimum absolute atomic E-state index is 0. The fraction of sp³-hybridized carbons (Fsp3) is 0.933. The molecule has 2 atom stereocenters. The Morgan fingerprint density at radius 2 is 2.10 bits per heavy atom. The van der Waals surface area contributed by atoms with Gasteiger partial charge in [-0.2, -0.15) is 0 Å². The number of rotatable bonds is 5. The van der Waals surface area contributed by atoms with E-state index in [0.29, 0.717) is 18.4 Å². The van der Waals surface area contributed by atoms with Gasteiger partial charge in [0.05, 0.1) is 6.10 Å². The van der Waals surface area contributed by atoms with E-state index in [4.69, 9.17) is 9.47 Å². The summed E-state index contributed by atoms with van der Waals surface area (Å²) in [6.45, 7) is 7.52. The average Bonchev–Trinajstić information content (AvgIpc) is 2.94. The summed E-state index contributed by atoms with van der Waals surface area (Å²) in [5.74, 6) is 0.958. The molecule has 124 valence electrons. The van der Waals surface area contributed by atoms with E-state index in [2.05, 4.69) is 24.5 Å². The molecule has 0 aromatic rings. The number of ether oxygens (including phenoxy) is 2. The Morgan fingerprint density at radius 1 is 1.43 bits per heavy atom. The molecule has 1 amide bonds. The Kier molecular flexibility index (Phi) is 7.40. The zero-order chi connectivity index (χ0) is 14.6. The summed E-state index contributed by atoms with van der Waals surface area (Å²) >= 11 is 0. The molecule has 0 saturated carbocycles. The zero-order valence-corrected chi connectivity index (χ0v) is 14.1. The molecule has 0 aromatic heterocycles. The minimum Gasteiger partial charge on any atom is -0.378 e. The highest BCUT2D eigenvalue weighted by Crippen LogP contribution is 2.27. The Balaban J connectivity index is 0.00000220. The molecule has 2 rings (SSSR count). The summed E-state index contributed by atoms with van der Waals surface area (Å²) in [7, 11) is 1.64. The number of methoxy groups -OCH3 is 1. The predicted octanol–water partition coefficient (Wildman–Crippen LogP) is 1.35. The fourth-order valence-electron chi connectivity index (χ4n) is 3.35. The summed E-state index contributed by atoms with van der Waals surface area (Å²) in [5.41, 5.74) is -0.641. The van der Waals surface area contributed by atoms with E-state index in [9.17, 15) is 4.79 Å². The number of hydrogen-bond acceptors (Lipinski definition) is 4. The standard InChI is InChI=1S/C15H28N2O3.ClH/c1-11(2)13-12(4-9-20-13)10-17-14(18)15(19-3)5-7-16-8-6-15;/h11-13,16H,4-10H2,1-3H3,(H,17,18);1H. The van der Waals surface area contributed by atoms with Gasteiger partial charge in [-0.1, -0.05) is 13.8 Å². The molecule has 2 heterocycles. The van der Waals surface area contributed by atoms with Gasteiger partial charge in [-0.3, -0.25) is 4.79 Å². The summed E-state index contributed by atoms with van der Waals surface area (Å²) in [5, 5.41) is 6.37. The summed E-state index contributed by atoms with van der Waals surface area (Å²) in [6.07, 6.45) is 2.78. The first-order chi connectivity index (χ1) is 9.59. The van der Waals surface area contributed by atoms with Gasteiger partial charge in [-0.05, 0) is 38.3 Å². The molecular weight excluding hydrogens is 292 g/mol. The molecule has 0 bridgehead atoms. The summed E-state index contributed by atoms with van der Waals surface area (Å²) in [4.78, 5) is 12.5. The third kappa shape index (κ3) is 4.31. The molecule has 6 heteroatoms. The van der Waals surface area contributed by atoms with Crippen molar-refractivity contribution in [3.8, 4) is 0 Å². The molecule has 0 spiro atoms. The molecule has 0 aromatic carbocycles. The number of carbonyl (C=O) groups is 1. The van der Waals surface area contributed by atoms with Crippen molar-refractivity contribution >= 4 is 18.3 Å². The number of piperidine rings is 1. The zero-order valence-electron chi connectivity index (χ0n) is 13.3. The van der Waals surface area contributed by atoms with Crippen LogP contribution in [-0.2, 0) is 14.3 Å². The van der Waals surface area contributed by atoms with Gasteiger partial charge >= 0.3 is 0 Å². The maximum Gasteiger partial charge on any atom is 0.252 e. The SMILES string of the molecule is COC1(C(=O)NCC2CCOC2C(C)C)CCNCC1.Cl. The lowest BCUT2D eigenvalue weighted by molar-refractivity contribution is -0.147. The van der Waals surface area contributed by atoms with Gasteiger partial charge in [-0.15, -0.1) is 12.4 Å². The number of halogens is 1. The van der Waals surface area contributed by atoms with Crippen molar-refractivity contribution < 1.29 is 14.3 Å².